The van der Waals surface area contributed by atoms with Gasteiger partial charge in [0.15, 0.2) is 0 Å². The molecule has 6 aromatic rings. The van der Waals surface area contributed by atoms with Gasteiger partial charge in [-0.15, -0.1) is 0 Å². The maximum atomic E-state index is 7.80. The minimum absolute atomic E-state index is 0.00640. The molecule has 0 saturated heterocycles. The Bertz CT molecular complexity index is 2130. The summed E-state index contributed by atoms with van der Waals surface area (Å²) in [6.07, 6.45) is 7.14. The summed E-state index contributed by atoms with van der Waals surface area (Å²) in [5, 5.41) is 13.3. The van der Waals surface area contributed by atoms with Gasteiger partial charge in [0.1, 0.15) is 8.80 Å². The zero-order valence-electron chi connectivity index (χ0n) is 23.4. The summed E-state index contributed by atoms with van der Waals surface area (Å²) < 4.78 is 2.45. The lowest BCUT2D eigenvalue weighted by Gasteiger charge is -2.18. The van der Waals surface area contributed by atoms with Gasteiger partial charge in [0.25, 0.3) is 0 Å². The lowest BCUT2D eigenvalue weighted by Crippen LogP contribution is -2.35. The summed E-state index contributed by atoms with van der Waals surface area (Å²) in [6, 6.07) is 40.3. The van der Waals surface area contributed by atoms with Crippen molar-refractivity contribution in [3.63, 3.8) is 0 Å². The lowest BCUT2D eigenvalue weighted by atomic mass is 9.92. The van der Waals surface area contributed by atoms with E-state index >= 15 is 0 Å². The first-order chi connectivity index (χ1) is 20.6. The van der Waals surface area contributed by atoms with Crippen molar-refractivity contribution in [2.45, 2.75) is 13.0 Å². The predicted octanol–water partition coefficient (Wildman–Crippen LogP) is 7.57. The lowest BCUT2D eigenvalue weighted by molar-refractivity contribution is 0.855. The molecule has 0 bridgehead atoms. The number of para-hydroxylation sites is 2. The topological polar surface area (TPSA) is 54.8 Å². The number of fused-ring (bicyclic) bond motifs is 6. The molecular weight excluding hydrogens is 527 g/mol. The molecular formula is C38H30N3Si. The van der Waals surface area contributed by atoms with Gasteiger partial charge in [-0.25, -0.2) is 0 Å². The third-order valence-electron chi connectivity index (χ3n) is 9.00. The fourth-order valence-electron chi connectivity index (χ4n) is 6.96. The number of hydrogen-bond acceptors (Lipinski definition) is 1. The van der Waals surface area contributed by atoms with E-state index in [1.807, 2.05) is 0 Å². The van der Waals surface area contributed by atoms with Crippen LogP contribution in [0.15, 0.2) is 127 Å². The summed E-state index contributed by atoms with van der Waals surface area (Å²) in [4.78, 5) is 0. The van der Waals surface area contributed by atoms with Gasteiger partial charge >= 0.3 is 0 Å². The van der Waals surface area contributed by atoms with Crippen molar-refractivity contribution in [2.24, 2.45) is 11.7 Å². The Morgan fingerprint density at radius 1 is 0.762 bits per heavy atom. The summed E-state index contributed by atoms with van der Waals surface area (Å²) in [5.74, 6) is 0.219. The van der Waals surface area contributed by atoms with Gasteiger partial charge in [-0.1, -0.05) is 110 Å². The van der Waals surface area contributed by atoms with Crippen molar-refractivity contribution in [1.29, 1.82) is 5.41 Å². The van der Waals surface area contributed by atoms with Gasteiger partial charge in [0, 0.05) is 22.3 Å². The molecule has 2 aliphatic rings. The highest BCUT2D eigenvalue weighted by atomic mass is 28.3. The monoisotopic (exact) mass is 556 g/mol. The number of nitrogens with zero attached hydrogens (tertiary/aromatic N) is 1. The van der Waals surface area contributed by atoms with E-state index in [4.69, 9.17) is 11.1 Å². The van der Waals surface area contributed by atoms with Gasteiger partial charge < -0.3 is 10.3 Å². The molecule has 3 nitrogen and oxygen atoms in total. The molecule has 0 fully saturated rings. The average Bonchev–Trinajstić information content (AvgIpc) is 3.53. The fraction of sp³-hybridized carbons (Fsp3) is 0.0789. The number of aromatic nitrogens is 1. The number of rotatable bonds is 4. The van der Waals surface area contributed by atoms with Crippen molar-refractivity contribution < 1.29 is 0 Å². The van der Waals surface area contributed by atoms with Gasteiger partial charge in [0.2, 0.25) is 0 Å². The summed E-state index contributed by atoms with van der Waals surface area (Å²) in [5.41, 5.74) is 17.1. The van der Waals surface area contributed by atoms with Crippen molar-refractivity contribution in [3.8, 4) is 27.9 Å². The first-order valence-corrected chi connectivity index (χ1v) is 16.5. The van der Waals surface area contributed by atoms with Gasteiger partial charge in [-0.3, -0.25) is 5.41 Å². The van der Waals surface area contributed by atoms with Crippen LogP contribution in [0.3, 0.4) is 0 Å². The molecule has 201 valence electrons. The molecule has 1 aromatic heterocycles. The second-order valence-corrected chi connectivity index (χ2v) is 13.6. The zero-order valence-corrected chi connectivity index (χ0v) is 24.4. The standard InChI is InChI=1S/C38H30N3Si/c1-42-36-16-7-4-11-29(36)31-13-8-12-30(37(31)42)27-9-2-5-14-33(27)41-34-15-6-3-10-28(34)32-23-26(21-22-35(32)41)24-17-19-25(20-18-24)38(39)40/h2-19,21-23,25H,20H2,1H3,(H3,39,40). The predicted molar refractivity (Wildman–Crippen MR) is 180 cm³/mol. The molecule has 42 heavy (non-hydrogen) atoms. The maximum absolute atomic E-state index is 7.80. The molecule has 1 radical (unpaired) electrons. The van der Waals surface area contributed by atoms with E-state index in [0.29, 0.717) is 0 Å². The Morgan fingerprint density at radius 2 is 1.45 bits per heavy atom. The van der Waals surface area contributed by atoms with E-state index in [-0.39, 0.29) is 11.8 Å². The van der Waals surface area contributed by atoms with Crippen LogP contribution in [0.2, 0.25) is 6.55 Å². The van der Waals surface area contributed by atoms with E-state index in [1.54, 1.807) is 0 Å². The molecule has 1 atom stereocenters. The van der Waals surface area contributed by atoms with Crippen LogP contribution >= 0.6 is 0 Å². The highest BCUT2D eigenvalue weighted by Crippen LogP contribution is 2.39. The molecule has 0 spiro atoms. The van der Waals surface area contributed by atoms with E-state index in [9.17, 15) is 0 Å². The molecule has 4 heteroatoms. The van der Waals surface area contributed by atoms with Gasteiger partial charge in [0.05, 0.1) is 22.6 Å². The van der Waals surface area contributed by atoms with Crippen molar-refractivity contribution >= 4 is 52.4 Å². The Balaban J connectivity index is 1.32. The first-order valence-electron chi connectivity index (χ1n) is 14.5. The number of benzene rings is 5. The fourth-order valence-corrected chi connectivity index (χ4v) is 9.44. The van der Waals surface area contributed by atoms with Crippen LogP contribution in [0.5, 0.6) is 0 Å². The van der Waals surface area contributed by atoms with Crippen LogP contribution < -0.4 is 16.1 Å². The first kappa shape index (κ1) is 24.8. The second kappa shape index (κ2) is 9.57. The molecule has 2 heterocycles. The largest absolute Gasteiger partial charge is 0.387 e. The Kier molecular flexibility index (Phi) is 5.66. The van der Waals surface area contributed by atoms with Crippen LogP contribution in [0, 0.1) is 11.3 Å². The van der Waals surface area contributed by atoms with Gasteiger partial charge in [-0.2, -0.15) is 0 Å². The molecule has 1 aliphatic carbocycles. The Labute approximate surface area is 247 Å². The second-order valence-electron chi connectivity index (χ2n) is 11.3. The van der Waals surface area contributed by atoms with Crippen LogP contribution in [0.25, 0.3) is 55.3 Å². The third kappa shape index (κ3) is 3.69. The molecule has 8 rings (SSSR count). The minimum atomic E-state index is -0.886. The number of allylic oxidation sites excluding steroid dienone is 3. The number of nitrogens with two attached hydrogens (primary N) is 1. The Hall–Kier alpha value is -4.93. The average molecular weight is 557 g/mol. The van der Waals surface area contributed by atoms with E-state index < -0.39 is 8.80 Å². The van der Waals surface area contributed by atoms with Crippen LogP contribution in [-0.2, 0) is 0 Å². The van der Waals surface area contributed by atoms with Crippen LogP contribution in [0.4, 0.5) is 0 Å². The number of amidine groups is 1. The minimum Gasteiger partial charge on any atom is -0.387 e. The van der Waals surface area contributed by atoms with Crippen molar-refractivity contribution in [2.75, 3.05) is 0 Å². The van der Waals surface area contributed by atoms with Gasteiger partial charge in [-0.05, 0) is 68.9 Å². The van der Waals surface area contributed by atoms with E-state index in [0.717, 1.165) is 6.42 Å². The molecule has 5 aromatic carbocycles. The normalized spacial score (nSPS) is 16.0. The molecule has 0 amide bonds. The summed E-state index contributed by atoms with van der Waals surface area (Å²) in [7, 11) is -0.886. The van der Waals surface area contributed by atoms with E-state index in [1.165, 1.54) is 71.3 Å². The van der Waals surface area contributed by atoms with E-state index in [2.05, 4.69) is 139 Å². The third-order valence-corrected chi connectivity index (χ3v) is 11.5. The number of nitrogens with one attached hydrogen (secondary N) is 1. The van der Waals surface area contributed by atoms with Crippen molar-refractivity contribution in [1.82, 2.24) is 4.57 Å². The Morgan fingerprint density at radius 3 is 2.26 bits per heavy atom. The highest BCUT2D eigenvalue weighted by molar-refractivity contribution is 6.89. The maximum Gasteiger partial charge on any atom is 0.120 e. The number of hydrogen-bond donors (Lipinski definition) is 2. The molecule has 1 unspecified atom stereocenters. The highest BCUT2D eigenvalue weighted by Gasteiger charge is 2.30. The van der Waals surface area contributed by atoms with Crippen LogP contribution in [0.1, 0.15) is 12.0 Å². The summed E-state index contributed by atoms with van der Waals surface area (Å²) in [6.45, 7) is 2.44. The summed E-state index contributed by atoms with van der Waals surface area (Å²) >= 11 is 0. The smallest absolute Gasteiger partial charge is 0.120 e. The SMILES string of the molecule is C[Si]1c2ccccc2-c2cccc(-c3ccccc3-n3c4ccccc4c4cc(C5=CCC(C(=N)N)C=C5)ccc43)c21. The molecule has 3 N–H and O–H groups in total. The molecule has 0 saturated carbocycles. The quantitative estimate of drug-likeness (QED) is 0.131. The molecule has 1 aliphatic heterocycles. The zero-order chi connectivity index (χ0) is 28.4. The van der Waals surface area contributed by atoms with Crippen LogP contribution in [-0.4, -0.2) is 19.2 Å². The van der Waals surface area contributed by atoms with Crippen molar-refractivity contribution in [3.05, 3.63) is 133 Å².